The Hall–Kier alpha value is -2.58. The van der Waals surface area contributed by atoms with Gasteiger partial charge in [-0.3, -0.25) is 9.10 Å². The first-order valence-electron chi connectivity index (χ1n) is 9.58. The predicted molar refractivity (Wildman–Crippen MR) is 122 cm³/mol. The molecule has 0 spiro atoms. The number of amides is 1. The third-order valence-corrected chi connectivity index (χ3v) is 7.47. The molecule has 3 aromatic rings. The predicted octanol–water partition coefficient (Wildman–Crippen LogP) is 4.65. The van der Waals surface area contributed by atoms with Gasteiger partial charge in [0.2, 0.25) is 0 Å². The molecule has 8 heteroatoms. The fraction of sp³-hybridized carbons (Fsp3) is 0.318. The molecule has 160 valence electrons. The molecule has 0 fully saturated rings. The topological polar surface area (TPSA) is 75.7 Å². The zero-order valence-electron chi connectivity index (χ0n) is 17.7. The van der Waals surface area contributed by atoms with E-state index in [0.29, 0.717) is 16.3 Å². The standard InChI is InChI=1S/C22H26N2O4S2/c1-6-24(30(26,27)18-10-8-17(28-5)9-11-18)16-7-12-19-15(13-16)14-20(29-19)21(25)23-22(2,3)4/h7-14H,6H2,1-5H3,(H,23,25). The summed E-state index contributed by atoms with van der Waals surface area (Å²) in [5.41, 5.74) is 0.227. The molecule has 30 heavy (non-hydrogen) atoms. The van der Waals surface area contributed by atoms with Gasteiger partial charge in [0.05, 0.1) is 22.6 Å². The second-order valence-corrected chi connectivity index (χ2v) is 10.8. The number of rotatable bonds is 6. The van der Waals surface area contributed by atoms with Crippen LogP contribution in [0.25, 0.3) is 10.1 Å². The van der Waals surface area contributed by atoms with Crippen LogP contribution in [0.1, 0.15) is 37.4 Å². The van der Waals surface area contributed by atoms with Gasteiger partial charge in [-0.05, 0) is 81.6 Å². The molecule has 0 aliphatic carbocycles. The van der Waals surface area contributed by atoms with E-state index < -0.39 is 10.0 Å². The van der Waals surface area contributed by atoms with Gasteiger partial charge in [0, 0.05) is 16.8 Å². The molecule has 0 unspecified atom stereocenters. The number of sulfonamides is 1. The normalized spacial score (nSPS) is 12.0. The summed E-state index contributed by atoms with van der Waals surface area (Å²) < 4.78 is 33.8. The number of carbonyl (C=O) groups excluding carboxylic acids is 1. The van der Waals surface area contributed by atoms with E-state index in [4.69, 9.17) is 4.74 Å². The lowest BCUT2D eigenvalue weighted by Crippen LogP contribution is -2.40. The average molecular weight is 447 g/mol. The summed E-state index contributed by atoms with van der Waals surface area (Å²) in [5, 5.41) is 3.79. The lowest BCUT2D eigenvalue weighted by Gasteiger charge is -2.23. The summed E-state index contributed by atoms with van der Waals surface area (Å²) >= 11 is 1.39. The Morgan fingerprint density at radius 1 is 1.10 bits per heavy atom. The van der Waals surface area contributed by atoms with Crippen molar-refractivity contribution in [1.29, 1.82) is 0 Å². The van der Waals surface area contributed by atoms with E-state index in [-0.39, 0.29) is 22.9 Å². The summed E-state index contributed by atoms with van der Waals surface area (Å²) in [5.74, 6) is 0.459. The number of carbonyl (C=O) groups is 1. The van der Waals surface area contributed by atoms with Crippen LogP contribution >= 0.6 is 11.3 Å². The lowest BCUT2D eigenvalue weighted by molar-refractivity contribution is 0.0924. The fourth-order valence-electron chi connectivity index (χ4n) is 3.07. The average Bonchev–Trinajstić information content (AvgIpc) is 3.11. The van der Waals surface area contributed by atoms with E-state index in [1.165, 1.54) is 34.9 Å². The Kier molecular flexibility index (Phi) is 6.10. The molecule has 2 aromatic carbocycles. The van der Waals surface area contributed by atoms with Gasteiger partial charge in [0.1, 0.15) is 5.75 Å². The zero-order chi connectivity index (χ0) is 22.1. The summed E-state index contributed by atoms with van der Waals surface area (Å²) in [7, 11) is -2.19. The Labute approximate surface area is 181 Å². The highest BCUT2D eigenvalue weighted by atomic mass is 32.2. The first-order chi connectivity index (χ1) is 14.0. The van der Waals surface area contributed by atoms with Gasteiger partial charge in [-0.1, -0.05) is 0 Å². The van der Waals surface area contributed by atoms with Gasteiger partial charge < -0.3 is 10.1 Å². The van der Waals surface area contributed by atoms with Crippen LogP contribution in [0.3, 0.4) is 0 Å². The summed E-state index contributed by atoms with van der Waals surface area (Å²) in [6.45, 7) is 7.86. The first kappa shape index (κ1) is 22.1. The highest BCUT2D eigenvalue weighted by molar-refractivity contribution is 7.92. The summed E-state index contributed by atoms with van der Waals surface area (Å²) in [6.07, 6.45) is 0. The Morgan fingerprint density at radius 3 is 2.33 bits per heavy atom. The number of benzene rings is 2. The van der Waals surface area contributed by atoms with Crippen molar-refractivity contribution >= 4 is 43.0 Å². The third kappa shape index (κ3) is 4.60. The highest BCUT2D eigenvalue weighted by Gasteiger charge is 2.24. The monoisotopic (exact) mass is 446 g/mol. The van der Waals surface area contributed by atoms with E-state index >= 15 is 0 Å². The smallest absolute Gasteiger partial charge is 0.264 e. The number of nitrogens with zero attached hydrogens (tertiary/aromatic N) is 1. The molecule has 0 radical (unpaired) electrons. The third-order valence-electron chi connectivity index (χ3n) is 4.43. The number of hydrogen-bond donors (Lipinski definition) is 1. The molecule has 1 aromatic heterocycles. The van der Waals surface area contributed by atoms with Crippen LogP contribution in [-0.4, -0.2) is 33.5 Å². The van der Waals surface area contributed by atoms with Crippen molar-refractivity contribution in [2.45, 2.75) is 38.1 Å². The molecular formula is C22H26N2O4S2. The summed E-state index contributed by atoms with van der Waals surface area (Å²) in [4.78, 5) is 13.3. The van der Waals surface area contributed by atoms with Crippen LogP contribution in [0.2, 0.25) is 0 Å². The maximum absolute atomic E-state index is 13.2. The Morgan fingerprint density at radius 2 is 1.77 bits per heavy atom. The molecule has 0 atom stereocenters. The van der Waals surface area contributed by atoms with Gasteiger partial charge in [-0.2, -0.15) is 0 Å². The van der Waals surface area contributed by atoms with Crippen molar-refractivity contribution in [3.63, 3.8) is 0 Å². The van der Waals surface area contributed by atoms with E-state index in [9.17, 15) is 13.2 Å². The number of thiophene rings is 1. The van der Waals surface area contributed by atoms with Crippen LogP contribution < -0.4 is 14.4 Å². The van der Waals surface area contributed by atoms with Crippen LogP contribution in [0.15, 0.2) is 53.4 Å². The summed E-state index contributed by atoms with van der Waals surface area (Å²) in [6, 6.07) is 13.6. The quantitative estimate of drug-likeness (QED) is 0.598. The second kappa shape index (κ2) is 8.28. The number of ether oxygens (including phenoxy) is 1. The van der Waals surface area contributed by atoms with E-state index in [0.717, 1.165) is 10.1 Å². The molecule has 0 aliphatic rings. The number of nitrogens with one attached hydrogen (secondary N) is 1. The van der Waals surface area contributed by atoms with Gasteiger partial charge in [0.15, 0.2) is 0 Å². The lowest BCUT2D eigenvalue weighted by atomic mass is 10.1. The molecule has 0 saturated carbocycles. The van der Waals surface area contributed by atoms with E-state index in [2.05, 4.69) is 5.32 Å². The molecular weight excluding hydrogens is 420 g/mol. The minimum absolute atomic E-state index is 0.136. The number of methoxy groups -OCH3 is 1. The van der Waals surface area contributed by atoms with Crippen molar-refractivity contribution in [3.05, 3.63) is 53.4 Å². The number of fused-ring (bicyclic) bond motifs is 1. The van der Waals surface area contributed by atoms with Crippen LogP contribution in [0, 0.1) is 0 Å². The van der Waals surface area contributed by atoms with Gasteiger partial charge in [-0.25, -0.2) is 8.42 Å². The van der Waals surface area contributed by atoms with Gasteiger partial charge in [0.25, 0.3) is 15.9 Å². The zero-order valence-corrected chi connectivity index (χ0v) is 19.4. The number of anilines is 1. The van der Waals surface area contributed by atoms with Crippen LogP contribution in [0.5, 0.6) is 5.75 Å². The molecule has 0 aliphatic heterocycles. The molecule has 1 heterocycles. The molecule has 3 rings (SSSR count). The van der Waals surface area contributed by atoms with Crippen molar-refractivity contribution in [3.8, 4) is 5.75 Å². The van der Waals surface area contributed by atoms with Gasteiger partial charge in [-0.15, -0.1) is 11.3 Å². The SMILES string of the molecule is CCN(c1ccc2sc(C(=O)NC(C)(C)C)cc2c1)S(=O)(=O)c1ccc(OC)cc1. The van der Waals surface area contributed by atoms with E-state index in [1.54, 1.807) is 31.2 Å². The highest BCUT2D eigenvalue weighted by Crippen LogP contribution is 2.32. The minimum Gasteiger partial charge on any atom is -0.497 e. The molecule has 6 nitrogen and oxygen atoms in total. The fourth-order valence-corrected chi connectivity index (χ4v) is 5.47. The van der Waals surface area contributed by atoms with E-state index in [1.807, 2.05) is 32.9 Å². The van der Waals surface area contributed by atoms with Crippen molar-refractivity contribution in [1.82, 2.24) is 5.32 Å². The number of hydrogen-bond acceptors (Lipinski definition) is 5. The molecule has 1 N–H and O–H groups in total. The van der Waals surface area contributed by atoms with Crippen LogP contribution in [-0.2, 0) is 10.0 Å². The largest absolute Gasteiger partial charge is 0.497 e. The van der Waals surface area contributed by atoms with Crippen LogP contribution in [0.4, 0.5) is 5.69 Å². The van der Waals surface area contributed by atoms with Crippen molar-refractivity contribution < 1.29 is 17.9 Å². The minimum atomic E-state index is -3.73. The Balaban J connectivity index is 1.96. The van der Waals surface area contributed by atoms with Crippen molar-refractivity contribution in [2.24, 2.45) is 0 Å². The molecule has 0 saturated heterocycles. The van der Waals surface area contributed by atoms with Crippen molar-refractivity contribution in [2.75, 3.05) is 18.0 Å². The Bertz CT molecular complexity index is 1160. The molecule has 1 amide bonds. The molecule has 0 bridgehead atoms. The maximum atomic E-state index is 13.2. The maximum Gasteiger partial charge on any atom is 0.264 e. The second-order valence-electron chi connectivity index (χ2n) is 7.88. The van der Waals surface area contributed by atoms with Gasteiger partial charge >= 0.3 is 0 Å². The first-order valence-corrected chi connectivity index (χ1v) is 11.8.